The lowest BCUT2D eigenvalue weighted by atomic mass is 9.98. The van der Waals surface area contributed by atoms with Crippen LogP contribution in [0.4, 0.5) is 5.82 Å². The molecule has 0 aliphatic carbocycles. The Kier molecular flexibility index (Phi) is 4.44. The maximum absolute atomic E-state index is 10.4. The fourth-order valence-electron chi connectivity index (χ4n) is 3.70. The Morgan fingerprint density at radius 3 is 2.56 bits per heavy atom. The van der Waals surface area contributed by atoms with Gasteiger partial charge in [-0.3, -0.25) is 0 Å². The number of hydrogen-bond donors (Lipinski definition) is 1. The number of benzene rings is 2. The summed E-state index contributed by atoms with van der Waals surface area (Å²) in [5.74, 6) is 1.97. The van der Waals surface area contributed by atoms with Gasteiger partial charge in [-0.25, -0.2) is 9.67 Å². The third-order valence-electron chi connectivity index (χ3n) is 5.05. The number of rotatable bonds is 4. The topological polar surface area (TPSA) is 59.6 Å². The van der Waals surface area contributed by atoms with Crippen LogP contribution in [-0.4, -0.2) is 27.7 Å². The summed E-state index contributed by atoms with van der Waals surface area (Å²) < 4.78 is 7.26. The van der Waals surface area contributed by atoms with Gasteiger partial charge in [0.2, 0.25) is 0 Å². The summed E-state index contributed by atoms with van der Waals surface area (Å²) >= 11 is 0. The van der Waals surface area contributed by atoms with Crippen molar-refractivity contribution in [2.24, 2.45) is 4.99 Å². The van der Waals surface area contributed by atoms with Gasteiger partial charge in [-0.05, 0) is 37.1 Å². The molecule has 0 saturated heterocycles. The third kappa shape index (κ3) is 2.99. The second-order valence-electron chi connectivity index (χ2n) is 6.80. The standard InChI is InChI=1S/C22H23N3O2/c1-4-18-21(15-9-11-16(27-3)12-10-15)22-23-14(2)13-19(25(22)24-18)17-7-5-6-8-20(17)26/h5-12,19,26H,4,13H2,1-3H3/t19-/m0/s1. The van der Waals surface area contributed by atoms with Crippen LogP contribution in [0.2, 0.25) is 0 Å². The number of fused-ring (bicyclic) bond motifs is 1. The number of phenols is 1. The summed E-state index contributed by atoms with van der Waals surface area (Å²) in [5.41, 5.74) is 5.05. The van der Waals surface area contributed by atoms with Crippen LogP contribution in [-0.2, 0) is 6.42 Å². The number of methoxy groups -OCH3 is 1. The molecule has 1 aromatic heterocycles. The number of ether oxygens (including phenoxy) is 1. The smallest absolute Gasteiger partial charge is 0.159 e. The molecule has 3 aromatic rings. The lowest BCUT2D eigenvalue weighted by Crippen LogP contribution is -2.19. The molecule has 0 unspecified atom stereocenters. The average Bonchev–Trinajstić information content (AvgIpc) is 3.06. The highest BCUT2D eigenvalue weighted by Crippen LogP contribution is 2.42. The molecule has 138 valence electrons. The van der Waals surface area contributed by atoms with E-state index in [1.54, 1.807) is 13.2 Å². The van der Waals surface area contributed by atoms with Gasteiger partial charge in [0.15, 0.2) is 5.82 Å². The van der Waals surface area contributed by atoms with Crippen molar-refractivity contribution in [3.63, 3.8) is 0 Å². The van der Waals surface area contributed by atoms with Gasteiger partial charge in [-0.2, -0.15) is 5.10 Å². The minimum Gasteiger partial charge on any atom is -0.508 e. The summed E-state index contributed by atoms with van der Waals surface area (Å²) in [6, 6.07) is 15.4. The summed E-state index contributed by atoms with van der Waals surface area (Å²) in [5, 5.41) is 15.3. The van der Waals surface area contributed by atoms with E-state index in [2.05, 4.69) is 6.92 Å². The van der Waals surface area contributed by atoms with Gasteiger partial charge in [0.25, 0.3) is 0 Å². The molecule has 5 heteroatoms. The zero-order valence-corrected chi connectivity index (χ0v) is 15.8. The number of para-hydroxylation sites is 1. The van der Waals surface area contributed by atoms with E-state index >= 15 is 0 Å². The fourth-order valence-corrected chi connectivity index (χ4v) is 3.70. The molecule has 0 amide bonds. The molecule has 1 aliphatic rings. The summed E-state index contributed by atoms with van der Waals surface area (Å²) in [6.45, 7) is 4.14. The van der Waals surface area contributed by atoms with Crippen molar-refractivity contribution in [1.82, 2.24) is 9.78 Å². The van der Waals surface area contributed by atoms with Gasteiger partial charge >= 0.3 is 0 Å². The van der Waals surface area contributed by atoms with E-state index in [1.807, 2.05) is 54.1 Å². The molecule has 1 N–H and O–H groups in total. The number of aromatic hydroxyl groups is 1. The van der Waals surface area contributed by atoms with Crippen molar-refractivity contribution in [2.75, 3.05) is 7.11 Å². The molecule has 0 fully saturated rings. The van der Waals surface area contributed by atoms with E-state index in [1.165, 1.54) is 0 Å². The van der Waals surface area contributed by atoms with Crippen molar-refractivity contribution in [3.8, 4) is 22.6 Å². The SMILES string of the molecule is CCc1nn2c(c1-c1ccc(OC)cc1)N=C(C)C[C@H]2c1ccccc1O. The van der Waals surface area contributed by atoms with Crippen LogP contribution in [0.25, 0.3) is 11.1 Å². The minimum absolute atomic E-state index is 0.0593. The first kappa shape index (κ1) is 17.3. The van der Waals surface area contributed by atoms with Crippen LogP contribution in [0.15, 0.2) is 53.5 Å². The molecular formula is C22H23N3O2. The van der Waals surface area contributed by atoms with Crippen LogP contribution >= 0.6 is 0 Å². The Morgan fingerprint density at radius 2 is 1.89 bits per heavy atom. The molecular weight excluding hydrogens is 338 g/mol. The van der Waals surface area contributed by atoms with Crippen molar-refractivity contribution >= 4 is 11.5 Å². The monoisotopic (exact) mass is 361 g/mol. The quantitative estimate of drug-likeness (QED) is 0.718. The Hall–Kier alpha value is -3.08. The second-order valence-corrected chi connectivity index (χ2v) is 6.80. The zero-order chi connectivity index (χ0) is 19.0. The average molecular weight is 361 g/mol. The lowest BCUT2D eigenvalue weighted by Gasteiger charge is -2.24. The molecule has 0 spiro atoms. The number of nitrogens with zero attached hydrogens (tertiary/aromatic N) is 3. The van der Waals surface area contributed by atoms with Crippen molar-refractivity contribution < 1.29 is 9.84 Å². The molecule has 5 nitrogen and oxygen atoms in total. The third-order valence-corrected chi connectivity index (χ3v) is 5.05. The lowest BCUT2D eigenvalue weighted by molar-refractivity contribution is 0.415. The van der Waals surface area contributed by atoms with Gasteiger partial charge in [0, 0.05) is 23.3 Å². The van der Waals surface area contributed by atoms with E-state index in [-0.39, 0.29) is 6.04 Å². The molecule has 4 rings (SSSR count). The summed E-state index contributed by atoms with van der Waals surface area (Å²) in [4.78, 5) is 4.84. The first-order valence-electron chi connectivity index (χ1n) is 9.20. The molecule has 2 aromatic carbocycles. The summed E-state index contributed by atoms with van der Waals surface area (Å²) in [6.07, 6.45) is 1.54. The first-order valence-corrected chi connectivity index (χ1v) is 9.20. The van der Waals surface area contributed by atoms with E-state index in [0.717, 1.165) is 52.5 Å². The molecule has 27 heavy (non-hydrogen) atoms. The molecule has 0 radical (unpaired) electrons. The van der Waals surface area contributed by atoms with E-state index in [9.17, 15) is 5.11 Å². The number of aryl methyl sites for hydroxylation is 1. The predicted molar refractivity (Wildman–Crippen MR) is 107 cm³/mol. The normalized spacial score (nSPS) is 16.0. The van der Waals surface area contributed by atoms with Crippen molar-refractivity contribution in [1.29, 1.82) is 0 Å². The van der Waals surface area contributed by atoms with Gasteiger partial charge in [-0.1, -0.05) is 37.3 Å². The number of aromatic nitrogens is 2. The van der Waals surface area contributed by atoms with E-state index in [4.69, 9.17) is 14.8 Å². The van der Waals surface area contributed by atoms with Crippen LogP contribution in [0.1, 0.15) is 37.6 Å². The van der Waals surface area contributed by atoms with Crippen LogP contribution in [0.5, 0.6) is 11.5 Å². The van der Waals surface area contributed by atoms with Gasteiger partial charge < -0.3 is 9.84 Å². The van der Waals surface area contributed by atoms with Crippen LogP contribution in [0.3, 0.4) is 0 Å². The Labute approximate surface area is 159 Å². The second kappa shape index (κ2) is 6.91. The Bertz CT molecular complexity index is 1000. The highest BCUT2D eigenvalue weighted by Gasteiger charge is 2.29. The van der Waals surface area contributed by atoms with Gasteiger partial charge in [0.05, 0.1) is 18.8 Å². The number of hydrogen-bond acceptors (Lipinski definition) is 4. The molecule has 0 bridgehead atoms. The number of phenolic OH excluding ortho intramolecular Hbond substituents is 1. The van der Waals surface area contributed by atoms with Gasteiger partial charge in [0.1, 0.15) is 11.5 Å². The largest absolute Gasteiger partial charge is 0.508 e. The predicted octanol–water partition coefficient (Wildman–Crippen LogP) is 4.91. The Balaban J connectivity index is 1.90. The highest BCUT2D eigenvalue weighted by atomic mass is 16.5. The molecule has 2 heterocycles. The van der Waals surface area contributed by atoms with E-state index in [0.29, 0.717) is 5.75 Å². The highest BCUT2D eigenvalue weighted by molar-refractivity contribution is 5.90. The minimum atomic E-state index is -0.0593. The number of aliphatic imine (C=N–C) groups is 1. The maximum Gasteiger partial charge on any atom is 0.159 e. The molecule has 1 atom stereocenters. The van der Waals surface area contributed by atoms with Gasteiger partial charge in [-0.15, -0.1) is 0 Å². The van der Waals surface area contributed by atoms with Crippen molar-refractivity contribution in [3.05, 3.63) is 59.8 Å². The van der Waals surface area contributed by atoms with Crippen LogP contribution < -0.4 is 4.74 Å². The zero-order valence-electron chi connectivity index (χ0n) is 15.8. The fraction of sp³-hybridized carbons (Fsp3) is 0.273. The Morgan fingerprint density at radius 1 is 1.15 bits per heavy atom. The van der Waals surface area contributed by atoms with E-state index < -0.39 is 0 Å². The maximum atomic E-state index is 10.4. The first-order chi connectivity index (χ1) is 13.1. The van der Waals surface area contributed by atoms with Crippen molar-refractivity contribution in [2.45, 2.75) is 32.7 Å². The molecule has 0 saturated carbocycles. The van der Waals surface area contributed by atoms with Crippen LogP contribution in [0, 0.1) is 0 Å². The summed E-state index contributed by atoms with van der Waals surface area (Å²) in [7, 11) is 1.67. The molecule has 1 aliphatic heterocycles.